The Balaban J connectivity index is 1.91. The van der Waals surface area contributed by atoms with Crippen LogP contribution in [0.4, 0.5) is 0 Å². The Morgan fingerprint density at radius 1 is 1.04 bits per heavy atom. The van der Waals surface area contributed by atoms with Crippen molar-refractivity contribution in [3.05, 3.63) is 75.5 Å². The van der Waals surface area contributed by atoms with Crippen LogP contribution in [0.2, 0.25) is 10.0 Å². The number of hydrogen-bond donors (Lipinski definition) is 0. The zero-order valence-electron chi connectivity index (χ0n) is 14.7. The van der Waals surface area contributed by atoms with Gasteiger partial charge < -0.3 is 4.74 Å². The third kappa shape index (κ3) is 2.51. The Labute approximate surface area is 170 Å². The summed E-state index contributed by atoms with van der Waals surface area (Å²) in [6, 6.07) is 15.1. The van der Waals surface area contributed by atoms with Gasteiger partial charge in [0.05, 0.1) is 38.1 Å². The summed E-state index contributed by atoms with van der Waals surface area (Å²) >= 11 is 12.4. The first kappa shape index (κ1) is 17.2. The van der Waals surface area contributed by atoms with Gasteiger partial charge in [-0.2, -0.15) is 5.10 Å². The number of halogens is 2. The highest BCUT2D eigenvalue weighted by atomic mass is 35.5. The number of cyclic esters (lactones) is 1. The minimum atomic E-state index is -0.391. The molecule has 7 heteroatoms. The summed E-state index contributed by atoms with van der Waals surface area (Å²) in [6.45, 7) is 2.04. The highest BCUT2D eigenvalue weighted by Gasteiger charge is 2.31. The van der Waals surface area contributed by atoms with Gasteiger partial charge in [-0.3, -0.25) is 0 Å². The van der Waals surface area contributed by atoms with E-state index in [4.69, 9.17) is 38.0 Å². The minimum Gasteiger partial charge on any atom is -0.455 e. The second-order valence-corrected chi connectivity index (χ2v) is 7.36. The molecule has 4 aromatic rings. The number of benzene rings is 2. The van der Waals surface area contributed by atoms with E-state index in [2.05, 4.69) is 0 Å². The molecule has 2 aromatic carbocycles. The summed E-state index contributed by atoms with van der Waals surface area (Å²) in [5.41, 5.74) is 4.86. The van der Waals surface area contributed by atoms with Gasteiger partial charge in [-0.25, -0.2) is 14.5 Å². The van der Waals surface area contributed by atoms with Crippen LogP contribution in [0.5, 0.6) is 0 Å². The predicted molar refractivity (Wildman–Crippen MR) is 108 cm³/mol. The molecule has 0 fully saturated rings. The minimum absolute atomic E-state index is 0.136. The number of rotatable bonds is 2. The van der Waals surface area contributed by atoms with Crippen LogP contribution in [0.15, 0.2) is 48.5 Å². The highest BCUT2D eigenvalue weighted by Crippen LogP contribution is 2.40. The molecule has 0 N–H and O–H groups in total. The molecule has 3 heterocycles. The number of carbonyl (C=O) groups is 1. The number of aryl methyl sites for hydroxylation is 1. The van der Waals surface area contributed by atoms with Crippen LogP contribution < -0.4 is 0 Å². The van der Waals surface area contributed by atoms with Crippen molar-refractivity contribution >= 4 is 40.2 Å². The number of hydrogen-bond acceptors (Lipinski definition) is 4. The maximum absolute atomic E-state index is 12.5. The number of fused-ring (bicyclic) bond motifs is 2. The van der Waals surface area contributed by atoms with E-state index in [-0.39, 0.29) is 6.61 Å². The normalized spacial score (nSPS) is 13.0. The number of esters is 1. The van der Waals surface area contributed by atoms with Gasteiger partial charge in [0.15, 0.2) is 5.65 Å². The summed E-state index contributed by atoms with van der Waals surface area (Å²) < 4.78 is 7.06. The fraction of sp³-hybridized carbons (Fsp3) is 0.0952. The van der Waals surface area contributed by atoms with Gasteiger partial charge in [0.25, 0.3) is 0 Å². The fourth-order valence-corrected chi connectivity index (χ4v) is 3.88. The van der Waals surface area contributed by atoms with Crippen molar-refractivity contribution in [3.8, 4) is 16.8 Å². The summed E-state index contributed by atoms with van der Waals surface area (Å²) in [6.07, 6.45) is 0. The molecule has 1 aliphatic rings. The standard InChI is InChI=1S/C21H13Cl2N3O2/c1-11-17-18(12-7-8-14(22)15(23)9-12)19-16(10-28-21(19)27)24-20(17)26(25-11)13-5-3-2-4-6-13/h2-9H,10H2,1H3. The number of carbonyl (C=O) groups excluding carboxylic acids is 1. The summed E-state index contributed by atoms with van der Waals surface area (Å²) in [5.74, 6) is -0.391. The smallest absolute Gasteiger partial charge is 0.341 e. The molecule has 0 saturated carbocycles. The van der Waals surface area contributed by atoms with E-state index in [1.807, 2.05) is 43.3 Å². The Morgan fingerprint density at radius 2 is 1.82 bits per heavy atom. The van der Waals surface area contributed by atoms with Gasteiger partial charge in [-0.1, -0.05) is 47.5 Å². The van der Waals surface area contributed by atoms with Crippen LogP contribution in [0.25, 0.3) is 27.8 Å². The number of ether oxygens (including phenoxy) is 1. The first-order valence-corrected chi connectivity index (χ1v) is 9.40. The highest BCUT2D eigenvalue weighted by molar-refractivity contribution is 6.42. The second-order valence-electron chi connectivity index (χ2n) is 6.54. The number of pyridine rings is 1. The third-order valence-corrected chi connectivity index (χ3v) is 5.56. The Kier molecular flexibility index (Phi) is 3.89. The quantitative estimate of drug-likeness (QED) is 0.417. The SMILES string of the molecule is Cc1nn(-c2ccccc2)c2nc3c(c(-c4ccc(Cl)c(Cl)c4)c12)C(=O)OC3. The molecule has 0 spiro atoms. The largest absolute Gasteiger partial charge is 0.455 e. The molecule has 0 atom stereocenters. The van der Waals surface area contributed by atoms with E-state index in [9.17, 15) is 4.79 Å². The van der Waals surface area contributed by atoms with Gasteiger partial charge in [-0.15, -0.1) is 0 Å². The Hall–Kier alpha value is -2.89. The van der Waals surface area contributed by atoms with E-state index >= 15 is 0 Å². The molecule has 0 amide bonds. The van der Waals surface area contributed by atoms with Crippen LogP contribution in [-0.2, 0) is 11.3 Å². The van der Waals surface area contributed by atoms with Crippen molar-refractivity contribution in [2.75, 3.05) is 0 Å². The summed E-state index contributed by atoms with van der Waals surface area (Å²) in [7, 11) is 0. The first-order chi connectivity index (χ1) is 13.5. The van der Waals surface area contributed by atoms with Crippen LogP contribution in [-0.4, -0.2) is 20.7 Å². The van der Waals surface area contributed by atoms with Crippen molar-refractivity contribution in [1.82, 2.24) is 14.8 Å². The zero-order valence-corrected chi connectivity index (χ0v) is 16.3. The van der Waals surface area contributed by atoms with Gasteiger partial charge in [-0.05, 0) is 36.8 Å². The fourth-order valence-electron chi connectivity index (χ4n) is 3.58. The Morgan fingerprint density at radius 3 is 2.57 bits per heavy atom. The second kappa shape index (κ2) is 6.33. The van der Waals surface area contributed by atoms with Crippen molar-refractivity contribution in [2.45, 2.75) is 13.5 Å². The Bertz CT molecular complexity index is 1270. The molecule has 0 aliphatic carbocycles. The van der Waals surface area contributed by atoms with Gasteiger partial charge in [0.2, 0.25) is 0 Å². The van der Waals surface area contributed by atoms with Crippen LogP contribution >= 0.6 is 23.2 Å². The van der Waals surface area contributed by atoms with Crippen molar-refractivity contribution in [1.29, 1.82) is 0 Å². The molecule has 0 bridgehead atoms. The van der Waals surface area contributed by atoms with Gasteiger partial charge >= 0.3 is 5.97 Å². The molecular weight excluding hydrogens is 397 g/mol. The van der Waals surface area contributed by atoms with Crippen molar-refractivity contribution < 1.29 is 9.53 Å². The molecule has 5 rings (SSSR count). The first-order valence-electron chi connectivity index (χ1n) is 8.65. The van der Waals surface area contributed by atoms with E-state index < -0.39 is 5.97 Å². The van der Waals surface area contributed by atoms with Crippen molar-refractivity contribution in [2.24, 2.45) is 0 Å². The molecule has 138 valence electrons. The van der Waals surface area contributed by atoms with Crippen LogP contribution in [0, 0.1) is 6.92 Å². The molecule has 1 aliphatic heterocycles. The monoisotopic (exact) mass is 409 g/mol. The van der Waals surface area contributed by atoms with Crippen LogP contribution in [0.3, 0.4) is 0 Å². The number of aromatic nitrogens is 3. The lowest BCUT2D eigenvalue weighted by atomic mass is 9.96. The summed E-state index contributed by atoms with van der Waals surface area (Å²) in [5, 5.41) is 6.35. The van der Waals surface area contributed by atoms with E-state index in [0.29, 0.717) is 26.9 Å². The summed E-state index contributed by atoms with van der Waals surface area (Å²) in [4.78, 5) is 17.2. The zero-order chi connectivity index (χ0) is 19.4. The van der Waals surface area contributed by atoms with Crippen LogP contribution in [0.1, 0.15) is 21.7 Å². The van der Waals surface area contributed by atoms with Crippen molar-refractivity contribution in [3.63, 3.8) is 0 Å². The maximum atomic E-state index is 12.5. The molecule has 28 heavy (non-hydrogen) atoms. The van der Waals surface area contributed by atoms with E-state index in [1.54, 1.807) is 16.8 Å². The van der Waals surface area contributed by atoms with E-state index in [1.165, 1.54) is 0 Å². The average molecular weight is 410 g/mol. The van der Waals surface area contributed by atoms with E-state index in [0.717, 1.165) is 27.9 Å². The number of nitrogens with zero attached hydrogens (tertiary/aromatic N) is 3. The van der Waals surface area contributed by atoms with Gasteiger partial charge in [0.1, 0.15) is 6.61 Å². The molecule has 0 unspecified atom stereocenters. The molecule has 5 nitrogen and oxygen atoms in total. The topological polar surface area (TPSA) is 57.0 Å². The lowest BCUT2D eigenvalue weighted by Crippen LogP contribution is -2.02. The lowest BCUT2D eigenvalue weighted by Gasteiger charge is -2.10. The third-order valence-electron chi connectivity index (χ3n) is 4.82. The molecular formula is C21H13Cl2N3O2. The molecule has 0 radical (unpaired) electrons. The van der Waals surface area contributed by atoms with Gasteiger partial charge in [0, 0.05) is 5.56 Å². The average Bonchev–Trinajstić information content (AvgIpc) is 3.24. The number of para-hydroxylation sites is 1. The maximum Gasteiger partial charge on any atom is 0.341 e. The lowest BCUT2D eigenvalue weighted by molar-refractivity contribution is 0.0534. The molecule has 2 aromatic heterocycles. The molecule has 0 saturated heterocycles. The predicted octanol–water partition coefficient (Wildman–Crippen LogP) is 5.37.